The lowest BCUT2D eigenvalue weighted by molar-refractivity contribution is -0.385. The normalized spacial score (nSPS) is 9.62. The second-order valence-corrected chi connectivity index (χ2v) is 3.65. The molecule has 0 aromatic heterocycles. The fourth-order valence-electron chi connectivity index (χ4n) is 1.11. The summed E-state index contributed by atoms with van der Waals surface area (Å²) in [6.07, 6.45) is 0. The Balaban J connectivity index is 3.68. The first kappa shape index (κ1) is 12.4. The number of rotatable bonds is 2. The summed E-state index contributed by atoms with van der Waals surface area (Å²) in [6.45, 7) is 8.03. The summed E-state index contributed by atoms with van der Waals surface area (Å²) in [7, 11) is 0. The standard InChI is InChI=1S/C9H4Cl2N2O3/c1-4-6(10)3-5(9(14)12-2)8(7(4)11)13(15)16/h3H,1H3. The van der Waals surface area contributed by atoms with Crippen LogP contribution in [0, 0.1) is 23.6 Å². The van der Waals surface area contributed by atoms with Gasteiger partial charge in [-0.05, 0) is 18.6 Å². The summed E-state index contributed by atoms with van der Waals surface area (Å²) in [5, 5.41) is 10.6. The molecular weight excluding hydrogens is 255 g/mol. The topological polar surface area (TPSA) is 64.6 Å². The van der Waals surface area contributed by atoms with Crippen LogP contribution in [-0.2, 0) is 0 Å². The maximum atomic E-state index is 11.2. The van der Waals surface area contributed by atoms with Gasteiger partial charge in [0.2, 0.25) is 0 Å². The molecule has 1 aromatic rings. The van der Waals surface area contributed by atoms with Crippen molar-refractivity contribution in [1.29, 1.82) is 0 Å². The van der Waals surface area contributed by atoms with Crippen LogP contribution in [0.2, 0.25) is 10.0 Å². The molecule has 16 heavy (non-hydrogen) atoms. The van der Waals surface area contributed by atoms with Gasteiger partial charge in [-0.3, -0.25) is 10.1 Å². The molecule has 0 atom stereocenters. The molecule has 0 heterocycles. The molecule has 0 spiro atoms. The molecule has 0 aliphatic rings. The van der Waals surface area contributed by atoms with Crippen LogP contribution in [0.3, 0.4) is 0 Å². The van der Waals surface area contributed by atoms with Crippen LogP contribution in [0.1, 0.15) is 15.9 Å². The number of nitro benzene ring substituents is 1. The van der Waals surface area contributed by atoms with Gasteiger partial charge >= 0.3 is 5.91 Å². The predicted molar refractivity (Wildman–Crippen MR) is 58.8 cm³/mol. The Labute approximate surface area is 101 Å². The van der Waals surface area contributed by atoms with E-state index in [-0.39, 0.29) is 15.6 Å². The SMILES string of the molecule is [C-]#[N+]C(=O)c1cc(Cl)c(C)c(Cl)c1[N+](=O)[O-]. The highest BCUT2D eigenvalue weighted by atomic mass is 35.5. The van der Waals surface area contributed by atoms with Gasteiger partial charge in [0.1, 0.15) is 10.6 Å². The van der Waals surface area contributed by atoms with Gasteiger partial charge in [0.05, 0.1) is 11.5 Å². The molecule has 5 nitrogen and oxygen atoms in total. The third-order valence-corrected chi connectivity index (χ3v) is 2.79. The number of nitrogens with zero attached hydrogens (tertiary/aromatic N) is 2. The van der Waals surface area contributed by atoms with Gasteiger partial charge in [0.15, 0.2) is 0 Å². The lowest BCUT2D eigenvalue weighted by Gasteiger charge is -2.05. The summed E-state index contributed by atoms with van der Waals surface area (Å²) in [4.78, 5) is 23.7. The van der Waals surface area contributed by atoms with Gasteiger partial charge in [0.25, 0.3) is 5.69 Å². The maximum Gasteiger partial charge on any atom is 0.392 e. The Hall–Kier alpha value is -1.64. The fraction of sp³-hybridized carbons (Fsp3) is 0.111. The van der Waals surface area contributed by atoms with E-state index in [0.29, 0.717) is 5.56 Å². The largest absolute Gasteiger partial charge is 0.392 e. The molecule has 0 fully saturated rings. The Morgan fingerprint density at radius 1 is 1.56 bits per heavy atom. The van der Waals surface area contributed by atoms with Gasteiger partial charge in [-0.25, -0.2) is 0 Å². The van der Waals surface area contributed by atoms with Gasteiger partial charge in [0, 0.05) is 5.02 Å². The second-order valence-electron chi connectivity index (χ2n) is 2.87. The van der Waals surface area contributed by atoms with Gasteiger partial charge in [-0.2, -0.15) is 4.85 Å². The fourth-order valence-corrected chi connectivity index (χ4v) is 1.63. The van der Waals surface area contributed by atoms with Crippen molar-refractivity contribution < 1.29 is 9.72 Å². The van der Waals surface area contributed by atoms with Crippen LogP contribution < -0.4 is 0 Å². The molecule has 0 aliphatic heterocycles. The van der Waals surface area contributed by atoms with E-state index in [2.05, 4.69) is 4.85 Å². The van der Waals surface area contributed by atoms with Crippen molar-refractivity contribution in [3.8, 4) is 0 Å². The van der Waals surface area contributed by atoms with E-state index < -0.39 is 16.5 Å². The molecule has 0 aliphatic carbocycles. The van der Waals surface area contributed by atoms with E-state index in [1.807, 2.05) is 0 Å². The van der Waals surface area contributed by atoms with Crippen molar-refractivity contribution in [2.45, 2.75) is 6.92 Å². The lowest BCUT2D eigenvalue weighted by Crippen LogP contribution is -2.02. The molecule has 82 valence electrons. The Morgan fingerprint density at radius 3 is 2.56 bits per heavy atom. The molecule has 1 aromatic carbocycles. The Morgan fingerprint density at radius 2 is 2.12 bits per heavy atom. The smallest absolute Gasteiger partial charge is 0.310 e. The monoisotopic (exact) mass is 258 g/mol. The highest BCUT2D eigenvalue weighted by Gasteiger charge is 2.27. The first-order valence-corrected chi connectivity index (χ1v) is 4.70. The van der Waals surface area contributed by atoms with E-state index in [4.69, 9.17) is 29.8 Å². The average Bonchev–Trinajstić information content (AvgIpc) is 2.23. The summed E-state index contributed by atoms with van der Waals surface area (Å²) in [6, 6.07) is 1.08. The second kappa shape index (κ2) is 4.47. The van der Waals surface area contributed by atoms with Crippen LogP contribution in [0.5, 0.6) is 0 Å². The van der Waals surface area contributed by atoms with Gasteiger partial charge < -0.3 is 4.79 Å². The first-order valence-electron chi connectivity index (χ1n) is 3.95. The molecule has 0 saturated carbocycles. The van der Waals surface area contributed by atoms with Crippen LogP contribution in [0.4, 0.5) is 5.69 Å². The molecule has 0 unspecified atom stereocenters. The van der Waals surface area contributed by atoms with Crippen molar-refractivity contribution in [1.82, 2.24) is 0 Å². The number of benzene rings is 1. The summed E-state index contributed by atoms with van der Waals surface area (Å²) in [5.74, 6) is -1.06. The highest BCUT2D eigenvalue weighted by molar-refractivity contribution is 6.38. The number of carbonyl (C=O) groups excluding carboxylic acids is 1. The average molecular weight is 259 g/mol. The first-order chi connectivity index (χ1) is 7.40. The zero-order chi connectivity index (χ0) is 12.5. The summed E-state index contributed by atoms with van der Waals surface area (Å²) >= 11 is 11.5. The van der Waals surface area contributed by atoms with E-state index in [1.54, 1.807) is 0 Å². The van der Waals surface area contributed by atoms with Gasteiger partial charge in [-0.1, -0.05) is 23.2 Å². The van der Waals surface area contributed by atoms with E-state index in [9.17, 15) is 14.9 Å². The van der Waals surface area contributed by atoms with Crippen LogP contribution >= 0.6 is 23.2 Å². The zero-order valence-electron chi connectivity index (χ0n) is 7.95. The molecule has 0 N–H and O–H groups in total. The number of halogens is 2. The number of amides is 1. The lowest BCUT2D eigenvalue weighted by atomic mass is 10.1. The van der Waals surface area contributed by atoms with Crippen molar-refractivity contribution in [3.05, 3.63) is 48.8 Å². The van der Waals surface area contributed by atoms with E-state index in [0.717, 1.165) is 6.07 Å². The summed E-state index contributed by atoms with van der Waals surface area (Å²) < 4.78 is 0. The van der Waals surface area contributed by atoms with Crippen LogP contribution in [0.15, 0.2) is 6.07 Å². The molecule has 1 amide bonds. The Bertz CT molecular complexity index is 535. The number of nitro groups is 1. The minimum atomic E-state index is -1.06. The third kappa shape index (κ3) is 1.98. The molecular formula is C9H4Cl2N2O3. The molecule has 7 heteroatoms. The predicted octanol–water partition coefficient (Wildman–Crippen LogP) is 3.27. The molecule has 0 radical (unpaired) electrons. The molecule has 0 saturated heterocycles. The van der Waals surface area contributed by atoms with E-state index in [1.165, 1.54) is 6.92 Å². The van der Waals surface area contributed by atoms with Crippen molar-refractivity contribution in [3.63, 3.8) is 0 Å². The number of hydrogen-bond donors (Lipinski definition) is 0. The van der Waals surface area contributed by atoms with E-state index >= 15 is 0 Å². The highest BCUT2D eigenvalue weighted by Crippen LogP contribution is 2.36. The third-order valence-electron chi connectivity index (χ3n) is 1.94. The van der Waals surface area contributed by atoms with Gasteiger partial charge in [-0.15, -0.1) is 0 Å². The number of carbonyl (C=O) groups is 1. The molecule has 0 bridgehead atoms. The molecule has 1 rings (SSSR count). The Kier molecular flexibility index (Phi) is 3.48. The minimum absolute atomic E-state index is 0.114. The number of hydrogen-bond acceptors (Lipinski definition) is 3. The van der Waals surface area contributed by atoms with Crippen molar-refractivity contribution >= 4 is 34.8 Å². The van der Waals surface area contributed by atoms with Crippen LogP contribution in [0.25, 0.3) is 4.85 Å². The quantitative estimate of drug-likeness (QED) is 0.465. The minimum Gasteiger partial charge on any atom is -0.310 e. The maximum absolute atomic E-state index is 11.2. The van der Waals surface area contributed by atoms with Crippen molar-refractivity contribution in [2.75, 3.05) is 0 Å². The zero-order valence-corrected chi connectivity index (χ0v) is 9.46. The van der Waals surface area contributed by atoms with Crippen molar-refractivity contribution in [2.24, 2.45) is 0 Å². The van der Waals surface area contributed by atoms with Crippen LogP contribution in [-0.4, -0.2) is 10.8 Å². The summed E-state index contributed by atoms with van der Waals surface area (Å²) in [5.41, 5.74) is -0.665.